The minimum Gasteiger partial charge on any atom is -0.459 e. The predicted octanol–water partition coefficient (Wildman–Crippen LogP) is 4.72. The van der Waals surface area contributed by atoms with E-state index in [1.165, 1.54) is 0 Å². The highest BCUT2D eigenvalue weighted by Gasteiger charge is 2.66. The Morgan fingerprint density at radius 1 is 0.848 bits per heavy atom. The maximum absolute atomic E-state index is 14.0. The number of nitrogens with one attached hydrogen (secondary N) is 2. The molecule has 0 aliphatic carbocycles. The van der Waals surface area contributed by atoms with E-state index in [9.17, 15) is 9.59 Å². The first-order valence-electron chi connectivity index (χ1n) is 11.3. The van der Waals surface area contributed by atoms with E-state index in [0.29, 0.717) is 0 Å². The molecular formula is C28H28N2O3. The number of hydrogen-bond acceptors (Lipinski definition) is 4. The molecule has 168 valence electrons. The number of ether oxygens (including phenoxy) is 1. The van der Waals surface area contributed by atoms with Gasteiger partial charge in [-0.3, -0.25) is 14.9 Å². The Morgan fingerprint density at radius 3 is 2.06 bits per heavy atom. The van der Waals surface area contributed by atoms with Gasteiger partial charge in [0.05, 0.1) is 6.04 Å². The molecule has 3 aromatic carbocycles. The smallest absolute Gasteiger partial charge is 0.324 e. The second-order valence-electron chi connectivity index (χ2n) is 9.78. The van der Waals surface area contributed by atoms with Crippen molar-refractivity contribution in [1.82, 2.24) is 5.32 Å². The minimum absolute atomic E-state index is 0.107. The number of benzene rings is 3. The number of para-hydroxylation sites is 1. The molecule has 0 radical (unpaired) electrons. The third-order valence-corrected chi connectivity index (χ3v) is 6.57. The molecule has 2 aliphatic rings. The van der Waals surface area contributed by atoms with Gasteiger partial charge in [-0.05, 0) is 43.5 Å². The summed E-state index contributed by atoms with van der Waals surface area (Å²) >= 11 is 0. The zero-order chi connectivity index (χ0) is 23.2. The van der Waals surface area contributed by atoms with Gasteiger partial charge >= 0.3 is 5.97 Å². The van der Waals surface area contributed by atoms with Crippen LogP contribution in [0.2, 0.25) is 0 Å². The Morgan fingerprint density at radius 2 is 1.42 bits per heavy atom. The lowest BCUT2D eigenvalue weighted by Gasteiger charge is -2.35. The Bertz CT molecular complexity index is 1190. The molecular weight excluding hydrogens is 412 g/mol. The molecule has 5 heteroatoms. The number of amides is 1. The van der Waals surface area contributed by atoms with E-state index in [1.807, 2.05) is 106 Å². The molecule has 33 heavy (non-hydrogen) atoms. The lowest BCUT2D eigenvalue weighted by atomic mass is 9.63. The fourth-order valence-corrected chi connectivity index (χ4v) is 5.44. The molecule has 1 amide bonds. The number of carbonyl (C=O) groups excluding carboxylic acids is 2. The normalized spacial score (nSPS) is 26.2. The van der Waals surface area contributed by atoms with Crippen LogP contribution in [0.1, 0.15) is 49.4 Å². The summed E-state index contributed by atoms with van der Waals surface area (Å²) in [4.78, 5) is 27.5. The lowest BCUT2D eigenvalue weighted by molar-refractivity contribution is -0.157. The Hall–Kier alpha value is -3.44. The van der Waals surface area contributed by atoms with Crippen molar-refractivity contribution in [1.29, 1.82) is 0 Å². The number of fused-ring (bicyclic) bond motifs is 2. The van der Waals surface area contributed by atoms with Crippen LogP contribution in [0, 0.1) is 0 Å². The van der Waals surface area contributed by atoms with Crippen LogP contribution in [0.4, 0.5) is 5.69 Å². The number of rotatable bonds is 3. The zero-order valence-corrected chi connectivity index (χ0v) is 19.0. The van der Waals surface area contributed by atoms with Gasteiger partial charge in [0.25, 0.3) is 0 Å². The van der Waals surface area contributed by atoms with Crippen LogP contribution in [-0.4, -0.2) is 23.5 Å². The van der Waals surface area contributed by atoms with Gasteiger partial charge < -0.3 is 10.1 Å². The molecule has 1 spiro atoms. The molecule has 4 atom stereocenters. The molecule has 5 nitrogen and oxygen atoms in total. The second-order valence-corrected chi connectivity index (χ2v) is 9.78. The topological polar surface area (TPSA) is 67.4 Å². The van der Waals surface area contributed by atoms with Crippen molar-refractivity contribution in [2.45, 2.75) is 49.8 Å². The molecule has 2 N–H and O–H groups in total. The first-order valence-corrected chi connectivity index (χ1v) is 11.3. The molecule has 1 saturated heterocycles. The number of carbonyl (C=O) groups is 2. The van der Waals surface area contributed by atoms with Gasteiger partial charge in [-0.15, -0.1) is 0 Å². The van der Waals surface area contributed by atoms with E-state index in [2.05, 4.69) is 10.6 Å². The summed E-state index contributed by atoms with van der Waals surface area (Å²) in [5, 5.41) is 6.65. The van der Waals surface area contributed by atoms with Crippen LogP contribution < -0.4 is 10.6 Å². The van der Waals surface area contributed by atoms with Crippen molar-refractivity contribution in [3.05, 3.63) is 102 Å². The predicted molar refractivity (Wildman–Crippen MR) is 128 cm³/mol. The largest absolute Gasteiger partial charge is 0.459 e. The van der Waals surface area contributed by atoms with E-state index in [4.69, 9.17) is 4.74 Å². The summed E-state index contributed by atoms with van der Waals surface area (Å²) in [7, 11) is 0. The first-order chi connectivity index (χ1) is 15.8. The molecule has 2 aliphatic heterocycles. The second kappa shape index (κ2) is 7.85. The van der Waals surface area contributed by atoms with Gasteiger partial charge in [-0.2, -0.15) is 0 Å². The fraction of sp³-hybridized carbons (Fsp3) is 0.286. The molecule has 0 bridgehead atoms. The van der Waals surface area contributed by atoms with Crippen molar-refractivity contribution >= 4 is 17.6 Å². The van der Waals surface area contributed by atoms with E-state index in [0.717, 1.165) is 22.4 Å². The minimum atomic E-state index is -1.01. The van der Waals surface area contributed by atoms with Crippen LogP contribution in [0.15, 0.2) is 84.9 Å². The SMILES string of the molecule is CC(C)(C)OC(=O)[C@H]1N[C@H](c2ccccc2)[C@]2(C(=O)Nc3ccccc32)[C@@H]1c1ccccc1. The van der Waals surface area contributed by atoms with Crippen molar-refractivity contribution in [3.8, 4) is 0 Å². The Labute approximate surface area is 194 Å². The highest BCUT2D eigenvalue weighted by atomic mass is 16.6. The number of hydrogen-bond donors (Lipinski definition) is 2. The molecule has 1 fully saturated rings. The number of anilines is 1. The highest BCUT2D eigenvalue weighted by Crippen LogP contribution is 2.59. The van der Waals surface area contributed by atoms with E-state index in [-0.39, 0.29) is 11.9 Å². The lowest BCUT2D eigenvalue weighted by Crippen LogP contribution is -2.44. The Kier molecular flexibility index (Phi) is 5.09. The van der Waals surface area contributed by atoms with Crippen LogP contribution >= 0.6 is 0 Å². The van der Waals surface area contributed by atoms with E-state index >= 15 is 0 Å². The first kappa shape index (κ1) is 21.4. The molecule has 0 unspecified atom stereocenters. The van der Waals surface area contributed by atoms with Crippen LogP contribution in [0.5, 0.6) is 0 Å². The van der Waals surface area contributed by atoms with Gasteiger partial charge in [-0.25, -0.2) is 0 Å². The number of esters is 1. The average molecular weight is 441 g/mol. The van der Waals surface area contributed by atoms with Gasteiger partial charge in [0.1, 0.15) is 17.1 Å². The molecule has 3 aromatic rings. The van der Waals surface area contributed by atoms with E-state index in [1.54, 1.807) is 0 Å². The Balaban J connectivity index is 1.77. The third-order valence-electron chi connectivity index (χ3n) is 6.57. The van der Waals surface area contributed by atoms with Crippen molar-refractivity contribution in [3.63, 3.8) is 0 Å². The molecule has 5 rings (SSSR count). The zero-order valence-electron chi connectivity index (χ0n) is 19.0. The average Bonchev–Trinajstić information content (AvgIpc) is 3.30. The quantitative estimate of drug-likeness (QED) is 0.579. The van der Waals surface area contributed by atoms with Crippen molar-refractivity contribution < 1.29 is 14.3 Å². The third kappa shape index (κ3) is 3.44. The summed E-state index contributed by atoms with van der Waals surface area (Å²) < 4.78 is 5.85. The molecule has 2 heterocycles. The van der Waals surface area contributed by atoms with Crippen LogP contribution in [-0.2, 0) is 19.7 Å². The van der Waals surface area contributed by atoms with E-state index < -0.39 is 29.0 Å². The molecule has 0 aromatic heterocycles. The van der Waals surface area contributed by atoms with Crippen molar-refractivity contribution in [2.24, 2.45) is 0 Å². The van der Waals surface area contributed by atoms with Crippen LogP contribution in [0.3, 0.4) is 0 Å². The fourth-order valence-electron chi connectivity index (χ4n) is 5.44. The summed E-state index contributed by atoms with van der Waals surface area (Å²) in [6.07, 6.45) is 0. The maximum Gasteiger partial charge on any atom is 0.324 e. The summed E-state index contributed by atoms with van der Waals surface area (Å²) in [6, 6.07) is 26.4. The van der Waals surface area contributed by atoms with Gasteiger partial charge in [-0.1, -0.05) is 78.9 Å². The molecule has 0 saturated carbocycles. The van der Waals surface area contributed by atoms with Gasteiger partial charge in [0, 0.05) is 11.6 Å². The maximum atomic E-state index is 14.0. The monoisotopic (exact) mass is 440 g/mol. The summed E-state index contributed by atoms with van der Waals surface area (Å²) in [6.45, 7) is 5.58. The highest BCUT2D eigenvalue weighted by molar-refractivity contribution is 6.09. The van der Waals surface area contributed by atoms with Gasteiger partial charge in [0.15, 0.2) is 0 Å². The van der Waals surface area contributed by atoms with Gasteiger partial charge in [0.2, 0.25) is 5.91 Å². The summed E-state index contributed by atoms with van der Waals surface area (Å²) in [5.74, 6) is -0.918. The van der Waals surface area contributed by atoms with Crippen molar-refractivity contribution in [2.75, 3.05) is 5.32 Å². The summed E-state index contributed by atoms with van der Waals surface area (Å²) in [5.41, 5.74) is 1.91. The van der Waals surface area contributed by atoms with Crippen LogP contribution in [0.25, 0.3) is 0 Å². The standard InChI is InChI=1S/C28H28N2O3/c1-27(2,3)33-25(31)23-22(18-12-6-4-7-13-18)28(24(30-23)19-14-8-5-9-15-19)20-16-10-11-17-21(20)29-26(28)32/h4-17,22-24,30H,1-3H3,(H,29,32)/t22-,23+,24-,28-/m1/s1.